The maximum absolute atomic E-state index is 13.3. The van der Waals surface area contributed by atoms with Crippen LogP contribution in [0.1, 0.15) is 54.4 Å². The number of anilines is 2. The number of carbonyl (C=O) groups is 2. The zero-order chi connectivity index (χ0) is 34.6. The van der Waals surface area contributed by atoms with Crippen molar-refractivity contribution in [1.29, 1.82) is 0 Å². The minimum absolute atomic E-state index is 0. The Morgan fingerprint density at radius 1 is 0.702 bits per heavy atom. The van der Waals surface area contributed by atoms with Gasteiger partial charge in [-0.05, 0) is 52.9 Å². The van der Waals surface area contributed by atoms with E-state index in [0.29, 0.717) is 13.2 Å². The Labute approximate surface area is 291 Å². The quantitative estimate of drug-likeness (QED) is 0.150. The van der Waals surface area contributed by atoms with Crippen LogP contribution in [0.2, 0.25) is 0 Å². The second-order valence-corrected chi connectivity index (χ2v) is 11.0. The number of benzene rings is 2. The topological polar surface area (TPSA) is 76.7 Å². The predicted octanol–water partition coefficient (Wildman–Crippen LogP) is 8.14. The third-order valence-corrected chi connectivity index (χ3v) is 5.96. The summed E-state index contributed by atoms with van der Waals surface area (Å²) in [6, 6.07) is 8.12. The van der Waals surface area contributed by atoms with Crippen LogP contribution >= 0.6 is 0 Å². The first-order valence-corrected chi connectivity index (χ1v) is 14.7. The summed E-state index contributed by atoms with van der Waals surface area (Å²) in [5.41, 5.74) is -1.77. The summed E-state index contributed by atoms with van der Waals surface area (Å²) in [6.07, 6.45) is 20.0. The molecule has 252 valence electrons. The normalized spacial score (nSPS) is 12.5. The van der Waals surface area contributed by atoms with Crippen LogP contribution < -0.4 is 10.6 Å². The van der Waals surface area contributed by atoms with Crippen LogP contribution in [0.3, 0.4) is 0 Å². The second kappa shape index (κ2) is 23.1. The largest absolute Gasteiger partial charge is 4.00 e. The molecule has 2 aromatic carbocycles. The van der Waals surface area contributed by atoms with E-state index in [1.807, 2.05) is 50.3 Å². The molecule has 6 nitrogen and oxygen atoms in total. The molecule has 2 amide bonds. The molecule has 0 bridgehead atoms. The van der Waals surface area contributed by atoms with Gasteiger partial charge in [-0.25, -0.2) is 41.9 Å². The summed E-state index contributed by atoms with van der Waals surface area (Å²) < 4.78 is 62.3. The van der Waals surface area contributed by atoms with Gasteiger partial charge in [-0.2, -0.15) is 12.2 Å². The van der Waals surface area contributed by atoms with Crippen LogP contribution in [0.25, 0.3) is 0 Å². The van der Waals surface area contributed by atoms with Gasteiger partial charge >= 0.3 is 21.7 Å². The Balaban J connectivity index is 0.000000681. The molecular weight excluding hydrogens is 648 g/mol. The summed E-state index contributed by atoms with van der Waals surface area (Å²) in [4.78, 5) is 23.8. The number of hydrogen-bond donors (Lipinski definition) is 2. The third kappa shape index (κ3) is 18.0. The van der Waals surface area contributed by atoms with Gasteiger partial charge in [0.15, 0.2) is 0 Å². The van der Waals surface area contributed by atoms with E-state index in [1.165, 1.54) is 0 Å². The maximum Gasteiger partial charge on any atom is 4.00 e. The fraction of sp³-hybridized carbons (Fsp3) is 0.389. The first-order chi connectivity index (χ1) is 21.7. The standard InChI is InChI=1S/2C13H16F2NO2.2C5H5.Ti/c2*1-4-18-8-13(2,3)12(17)16-11-6-5-9(14)7-10(11)15;2*1-2-4-5-3-1;/h2*5-6H,4,8H2,1-3H3,(H,16,17);2*1-3H,4H2;/q4*-1;+4. The number of rotatable bonds is 10. The smallest absolute Gasteiger partial charge is 0.381 e. The van der Waals surface area contributed by atoms with E-state index in [-0.39, 0.29) is 46.3 Å². The molecule has 11 heteroatoms. The average molecular weight is 691 g/mol. The van der Waals surface area contributed by atoms with Crippen molar-refractivity contribution in [2.45, 2.75) is 54.4 Å². The molecule has 47 heavy (non-hydrogen) atoms. The van der Waals surface area contributed by atoms with Crippen LogP contribution in [0.4, 0.5) is 28.9 Å². The number of ether oxygens (including phenoxy) is 2. The number of hydrogen-bond acceptors (Lipinski definition) is 4. The number of nitrogens with one attached hydrogen (secondary N) is 2. The summed E-state index contributed by atoms with van der Waals surface area (Å²) in [7, 11) is 0. The van der Waals surface area contributed by atoms with Crippen molar-refractivity contribution < 1.29 is 58.3 Å². The van der Waals surface area contributed by atoms with Crippen molar-refractivity contribution in [3.8, 4) is 0 Å². The number of carbonyl (C=O) groups excluding carboxylic acids is 2. The van der Waals surface area contributed by atoms with Crippen molar-refractivity contribution in [2.75, 3.05) is 37.1 Å². The van der Waals surface area contributed by atoms with Gasteiger partial charge in [0.25, 0.3) is 0 Å². The van der Waals surface area contributed by atoms with E-state index in [2.05, 4.69) is 34.9 Å². The Bertz CT molecular complexity index is 1250. The van der Waals surface area contributed by atoms with E-state index >= 15 is 0 Å². The van der Waals surface area contributed by atoms with Gasteiger partial charge in [0.2, 0.25) is 11.8 Å². The molecule has 0 radical (unpaired) electrons. The molecule has 0 aliphatic heterocycles. The van der Waals surface area contributed by atoms with Crippen LogP contribution in [0.15, 0.2) is 60.7 Å². The molecule has 0 unspecified atom stereocenters. The van der Waals surface area contributed by atoms with Gasteiger partial charge in [-0.3, -0.25) is 21.7 Å². The minimum Gasteiger partial charge on any atom is -0.381 e. The van der Waals surface area contributed by atoms with E-state index < -0.39 is 45.9 Å². The summed E-state index contributed by atoms with van der Waals surface area (Å²) in [5.74, 6) is -4.24. The van der Waals surface area contributed by atoms with Crippen molar-refractivity contribution in [1.82, 2.24) is 0 Å². The summed E-state index contributed by atoms with van der Waals surface area (Å²) >= 11 is 0. The molecule has 2 aromatic rings. The van der Waals surface area contributed by atoms with Crippen LogP contribution in [-0.4, -0.2) is 38.2 Å². The Kier molecular flexibility index (Phi) is 21.5. The van der Waals surface area contributed by atoms with Crippen molar-refractivity contribution in [3.05, 3.63) is 108 Å². The molecule has 0 atom stereocenters. The minimum atomic E-state index is -0.921. The Hall–Kier alpha value is -3.31. The van der Waals surface area contributed by atoms with E-state index in [4.69, 9.17) is 9.47 Å². The van der Waals surface area contributed by atoms with Gasteiger partial charge < -0.3 is 20.1 Å². The molecule has 0 fully saturated rings. The maximum atomic E-state index is 13.3. The zero-order valence-electron chi connectivity index (χ0n) is 27.7. The molecule has 2 N–H and O–H groups in total. The van der Waals surface area contributed by atoms with Crippen molar-refractivity contribution in [2.24, 2.45) is 10.8 Å². The molecule has 4 rings (SSSR count). The first-order valence-electron chi connectivity index (χ1n) is 14.7. The van der Waals surface area contributed by atoms with Crippen LogP contribution in [0.5, 0.6) is 0 Å². The fourth-order valence-corrected chi connectivity index (χ4v) is 3.19. The number of allylic oxidation sites excluding steroid dienone is 8. The molecular formula is C36H42F4N2O4Ti. The Morgan fingerprint density at radius 3 is 1.30 bits per heavy atom. The van der Waals surface area contributed by atoms with Gasteiger partial charge in [0.1, 0.15) is 0 Å². The molecule has 0 saturated heterocycles. The monoisotopic (exact) mass is 690 g/mol. The van der Waals surface area contributed by atoms with E-state index in [0.717, 1.165) is 37.1 Å². The summed E-state index contributed by atoms with van der Waals surface area (Å²) in [5, 5.41) is 4.79. The third-order valence-electron chi connectivity index (χ3n) is 5.96. The van der Waals surface area contributed by atoms with Crippen LogP contribution in [-0.2, 0) is 40.8 Å². The molecule has 2 aliphatic rings. The number of amides is 2. The van der Waals surface area contributed by atoms with E-state index in [9.17, 15) is 27.2 Å². The second-order valence-electron chi connectivity index (χ2n) is 11.0. The van der Waals surface area contributed by atoms with Gasteiger partial charge in [0, 0.05) is 36.5 Å². The summed E-state index contributed by atoms with van der Waals surface area (Å²) in [6.45, 7) is 11.8. The average Bonchev–Trinajstić information content (AvgIpc) is 3.78. The zero-order valence-corrected chi connectivity index (χ0v) is 29.2. The van der Waals surface area contributed by atoms with E-state index in [1.54, 1.807) is 27.7 Å². The Morgan fingerprint density at radius 2 is 1.06 bits per heavy atom. The first kappa shape index (κ1) is 43.7. The molecule has 0 saturated carbocycles. The molecule has 0 spiro atoms. The van der Waals surface area contributed by atoms with Crippen LogP contribution in [0, 0.1) is 58.4 Å². The predicted molar refractivity (Wildman–Crippen MR) is 171 cm³/mol. The molecule has 0 heterocycles. The number of halogens is 4. The van der Waals surface area contributed by atoms with Gasteiger partial charge in [-0.1, -0.05) is 0 Å². The fourth-order valence-electron chi connectivity index (χ4n) is 3.19. The molecule has 2 aliphatic carbocycles. The van der Waals surface area contributed by atoms with Gasteiger partial charge in [-0.15, -0.1) is 49.2 Å². The SMILES string of the molecule is CCOCC(C)(C)C(=O)Nc1ccc(F)[c-]c1F.CCOCC(C)(C)C(=O)Nc1ccc(F)[c-]c1F.[C-]1=CC=CC1.[C-]1=CC=CC1.[Ti+4]. The van der Waals surface area contributed by atoms with Crippen molar-refractivity contribution in [3.63, 3.8) is 0 Å². The molecule has 0 aromatic heterocycles. The van der Waals surface area contributed by atoms with Crippen molar-refractivity contribution >= 4 is 23.2 Å². The van der Waals surface area contributed by atoms with Gasteiger partial charge in [0.05, 0.1) is 24.0 Å².